The molecule has 1 saturated heterocycles. The molecule has 2 heterocycles. The molecule has 0 bridgehead atoms. The molecule has 0 aromatic heterocycles. The van der Waals surface area contributed by atoms with E-state index >= 15 is 0 Å². The van der Waals surface area contributed by atoms with Crippen molar-refractivity contribution in [3.63, 3.8) is 0 Å². The van der Waals surface area contributed by atoms with Crippen LogP contribution in [0.4, 0.5) is 5.69 Å². The van der Waals surface area contributed by atoms with E-state index in [4.69, 9.17) is 0 Å². The summed E-state index contributed by atoms with van der Waals surface area (Å²) in [4.78, 5) is 2.80. The zero-order valence-electron chi connectivity index (χ0n) is 15.1. The molecule has 0 radical (unpaired) electrons. The van der Waals surface area contributed by atoms with Crippen molar-refractivity contribution in [3.05, 3.63) is 59.2 Å². The van der Waals surface area contributed by atoms with Crippen LogP contribution in [0.2, 0.25) is 0 Å². The van der Waals surface area contributed by atoms with E-state index in [1.165, 1.54) is 11.3 Å². The Morgan fingerprint density at radius 2 is 1.77 bits per heavy atom. The van der Waals surface area contributed by atoms with Gasteiger partial charge in [-0.2, -0.15) is 4.31 Å². The Labute approximate surface area is 155 Å². The summed E-state index contributed by atoms with van der Waals surface area (Å²) in [6, 6.07) is 13.5. The van der Waals surface area contributed by atoms with E-state index in [1.54, 1.807) is 16.4 Å². The van der Waals surface area contributed by atoms with Crippen LogP contribution in [0.3, 0.4) is 0 Å². The van der Waals surface area contributed by atoms with Crippen LogP contribution in [0, 0.1) is 6.92 Å². The van der Waals surface area contributed by atoms with Gasteiger partial charge in [0.15, 0.2) is 0 Å². The fourth-order valence-electron chi connectivity index (χ4n) is 3.90. The van der Waals surface area contributed by atoms with Crippen molar-refractivity contribution in [2.24, 2.45) is 0 Å². The Bertz CT molecular complexity index is 905. The lowest BCUT2D eigenvalue weighted by Gasteiger charge is -2.35. The minimum Gasteiger partial charge on any atom is -0.369 e. The normalized spacial score (nSPS) is 18.6. The van der Waals surface area contributed by atoms with Crippen LogP contribution in [-0.2, 0) is 23.0 Å². The molecule has 26 heavy (non-hydrogen) atoms. The molecule has 2 aliphatic heterocycles. The molecule has 2 aromatic rings. The van der Waals surface area contributed by atoms with E-state index in [-0.39, 0.29) is 0 Å². The number of hydrogen-bond acceptors (Lipinski definition) is 4. The third kappa shape index (κ3) is 3.24. The van der Waals surface area contributed by atoms with Gasteiger partial charge in [0, 0.05) is 45.0 Å². The van der Waals surface area contributed by atoms with E-state index in [2.05, 4.69) is 28.4 Å². The molecule has 0 amide bonds. The van der Waals surface area contributed by atoms with Gasteiger partial charge in [-0.1, -0.05) is 24.3 Å². The van der Waals surface area contributed by atoms with E-state index in [1.807, 2.05) is 19.1 Å². The first-order valence-corrected chi connectivity index (χ1v) is 10.6. The second kappa shape index (κ2) is 7.02. The van der Waals surface area contributed by atoms with Crippen molar-refractivity contribution in [2.75, 3.05) is 37.6 Å². The van der Waals surface area contributed by atoms with Crippen LogP contribution in [-0.4, -0.2) is 45.4 Å². The first-order chi connectivity index (χ1) is 12.6. The number of benzene rings is 2. The Hall–Kier alpha value is -1.89. The Morgan fingerprint density at radius 1 is 1.00 bits per heavy atom. The van der Waals surface area contributed by atoms with Crippen molar-refractivity contribution in [3.8, 4) is 0 Å². The summed E-state index contributed by atoms with van der Waals surface area (Å²) in [7, 11) is -3.46. The quantitative estimate of drug-likeness (QED) is 0.898. The lowest BCUT2D eigenvalue weighted by molar-refractivity contribution is 0.391. The van der Waals surface area contributed by atoms with Gasteiger partial charge in [-0.15, -0.1) is 0 Å². The van der Waals surface area contributed by atoms with Crippen LogP contribution in [0.15, 0.2) is 47.4 Å². The average molecular weight is 372 g/mol. The highest BCUT2D eigenvalue weighted by Gasteiger charge is 2.30. The van der Waals surface area contributed by atoms with Gasteiger partial charge in [0.1, 0.15) is 0 Å². The van der Waals surface area contributed by atoms with E-state index in [9.17, 15) is 8.42 Å². The predicted molar refractivity (Wildman–Crippen MR) is 104 cm³/mol. The average Bonchev–Trinajstić information content (AvgIpc) is 2.67. The second-order valence-corrected chi connectivity index (χ2v) is 8.99. The lowest BCUT2D eigenvalue weighted by atomic mass is 9.98. The van der Waals surface area contributed by atoms with Crippen molar-refractivity contribution in [1.29, 1.82) is 0 Å². The van der Waals surface area contributed by atoms with Gasteiger partial charge in [0.2, 0.25) is 10.0 Å². The third-order valence-corrected chi connectivity index (χ3v) is 7.13. The van der Waals surface area contributed by atoms with Gasteiger partial charge >= 0.3 is 0 Å². The number of hydrogen-bond donors (Lipinski definition) is 1. The standard InChI is InChI=1S/C20H25N3O2S/c1-16-4-2-6-18(14-16)26(24,25)23-11-8-19-17(15-23)5-3-7-20(19)22-12-9-21-10-13-22/h2-7,14,21H,8-13,15H2,1H3. The molecular weight excluding hydrogens is 346 g/mol. The smallest absolute Gasteiger partial charge is 0.243 e. The summed E-state index contributed by atoms with van der Waals surface area (Å²) in [5.74, 6) is 0. The summed E-state index contributed by atoms with van der Waals surface area (Å²) >= 11 is 0. The Kier molecular flexibility index (Phi) is 4.73. The molecule has 0 aliphatic carbocycles. The molecule has 138 valence electrons. The number of sulfonamides is 1. The van der Waals surface area contributed by atoms with E-state index in [0.29, 0.717) is 18.0 Å². The lowest BCUT2D eigenvalue weighted by Crippen LogP contribution is -2.44. The molecule has 5 nitrogen and oxygen atoms in total. The number of piperazine rings is 1. The highest BCUT2D eigenvalue weighted by Crippen LogP contribution is 2.31. The predicted octanol–water partition coefficient (Wildman–Crippen LogP) is 2.15. The minimum absolute atomic E-state index is 0.388. The number of anilines is 1. The summed E-state index contributed by atoms with van der Waals surface area (Å²) in [5, 5.41) is 3.38. The highest BCUT2D eigenvalue weighted by molar-refractivity contribution is 7.89. The zero-order chi connectivity index (χ0) is 18.1. The van der Waals surface area contributed by atoms with Crippen LogP contribution in [0.5, 0.6) is 0 Å². The van der Waals surface area contributed by atoms with Gasteiger partial charge in [0.25, 0.3) is 0 Å². The maximum Gasteiger partial charge on any atom is 0.243 e. The molecule has 0 spiro atoms. The maximum absolute atomic E-state index is 13.0. The minimum atomic E-state index is -3.46. The van der Waals surface area contributed by atoms with Crippen LogP contribution < -0.4 is 10.2 Å². The van der Waals surface area contributed by atoms with Gasteiger partial charge in [-0.05, 0) is 48.2 Å². The van der Waals surface area contributed by atoms with E-state index in [0.717, 1.165) is 43.7 Å². The summed E-state index contributed by atoms with van der Waals surface area (Å²) in [6.45, 7) is 6.90. The molecule has 2 aromatic carbocycles. The third-order valence-electron chi connectivity index (χ3n) is 5.29. The van der Waals surface area contributed by atoms with Crippen LogP contribution in [0.1, 0.15) is 16.7 Å². The SMILES string of the molecule is Cc1cccc(S(=O)(=O)N2CCc3c(cccc3N3CCNCC3)C2)c1. The van der Waals surface area contributed by atoms with Gasteiger partial charge in [0.05, 0.1) is 4.90 Å². The number of rotatable bonds is 3. The summed E-state index contributed by atoms with van der Waals surface area (Å²) in [6.07, 6.45) is 0.764. The van der Waals surface area contributed by atoms with Crippen molar-refractivity contribution < 1.29 is 8.42 Å². The molecule has 4 rings (SSSR count). The Morgan fingerprint density at radius 3 is 2.54 bits per heavy atom. The van der Waals surface area contributed by atoms with Gasteiger partial charge in [-0.25, -0.2) is 8.42 Å². The number of aryl methyl sites for hydroxylation is 1. The van der Waals surface area contributed by atoms with Crippen LogP contribution in [0.25, 0.3) is 0 Å². The number of nitrogens with zero attached hydrogens (tertiary/aromatic N) is 2. The number of nitrogens with one attached hydrogen (secondary N) is 1. The molecule has 1 fully saturated rings. The maximum atomic E-state index is 13.0. The summed E-state index contributed by atoms with van der Waals surface area (Å²) < 4.78 is 27.7. The first kappa shape index (κ1) is 17.5. The molecule has 0 saturated carbocycles. The van der Waals surface area contributed by atoms with Crippen LogP contribution >= 0.6 is 0 Å². The fraction of sp³-hybridized carbons (Fsp3) is 0.400. The highest BCUT2D eigenvalue weighted by atomic mass is 32.2. The van der Waals surface area contributed by atoms with Crippen molar-refractivity contribution in [1.82, 2.24) is 9.62 Å². The molecule has 0 atom stereocenters. The Balaban J connectivity index is 1.62. The molecule has 2 aliphatic rings. The zero-order valence-corrected chi connectivity index (χ0v) is 15.9. The molecule has 1 N–H and O–H groups in total. The molecule has 6 heteroatoms. The second-order valence-electron chi connectivity index (χ2n) is 7.06. The fourth-order valence-corrected chi connectivity index (χ4v) is 5.42. The summed E-state index contributed by atoms with van der Waals surface area (Å²) in [5.41, 5.74) is 4.68. The van der Waals surface area contributed by atoms with Gasteiger partial charge < -0.3 is 10.2 Å². The largest absolute Gasteiger partial charge is 0.369 e. The van der Waals surface area contributed by atoms with Crippen molar-refractivity contribution >= 4 is 15.7 Å². The van der Waals surface area contributed by atoms with Crippen molar-refractivity contribution in [2.45, 2.75) is 24.8 Å². The van der Waals surface area contributed by atoms with E-state index < -0.39 is 10.0 Å². The molecule has 0 unspecified atom stereocenters. The van der Waals surface area contributed by atoms with Gasteiger partial charge in [-0.3, -0.25) is 0 Å². The topological polar surface area (TPSA) is 52.7 Å². The monoisotopic (exact) mass is 371 g/mol. The first-order valence-electron chi connectivity index (χ1n) is 9.19. The number of fused-ring (bicyclic) bond motifs is 1. The molecular formula is C20H25N3O2S.